The van der Waals surface area contributed by atoms with Crippen molar-refractivity contribution in [3.63, 3.8) is 0 Å². The molecule has 2 aromatic rings. The van der Waals surface area contributed by atoms with Crippen LogP contribution < -0.4 is 4.90 Å². The van der Waals surface area contributed by atoms with E-state index in [1.165, 1.54) is 0 Å². The Bertz CT molecular complexity index is 610. The highest BCUT2D eigenvalue weighted by molar-refractivity contribution is 6.05. The van der Waals surface area contributed by atoms with Gasteiger partial charge in [-0.3, -0.25) is 9.69 Å². The van der Waals surface area contributed by atoms with Gasteiger partial charge in [0, 0.05) is 5.69 Å². The van der Waals surface area contributed by atoms with Gasteiger partial charge in [-0.2, -0.15) is 0 Å². The lowest BCUT2D eigenvalue weighted by Gasteiger charge is -2.47. The van der Waals surface area contributed by atoms with Crippen LogP contribution in [-0.4, -0.2) is 18.1 Å². The average Bonchev–Trinajstić information content (AvgIpc) is 2.51. The third-order valence-corrected chi connectivity index (χ3v) is 3.64. The Hall–Kier alpha value is -2.13. The molecule has 3 nitrogen and oxygen atoms in total. The third kappa shape index (κ3) is 2.57. The molecule has 0 N–H and O–H groups in total. The number of carbonyl (C=O) groups is 1. The van der Waals surface area contributed by atoms with Crippen LogP contribution in [0.3, 0.4) is 0 Å². The number of β-lactam (4-membered cyclic amide) rings is 1. The van der Waals surface area contributed by atoms with Crippen molar-refractivity contribution < 1.29 is 9.53 Å². The predicted octanol–water partition coefficient (Wildman–Crippen LogP) is 3.57. The first kappa shape index (κ1) is 13.8. The predicted molar refractivity (Wildman–Crippen MR) is 83.1 cm³/mol. The van der Waals surface area contributed by atoms with Crippen molar-refractivity contribution >= 4 is 11.6 Å². The molecule has 0 unspecified atom stereocenters. The van der Waals surface area contributed by atoms with Crippen LogP contribution in [0.5, 0.6) is 0 Å². The Labute approximate surface area is 125 Å². The molecule has 0 saturated carbocycles. The molecule has 2 atom stereocenters. The molecule has 3 heteroatoms. The number of benzene rings is 2. The second-order valence-electron chi connectivity index (χ2n) is 5.50. The molecule has 1 heterocycles. The van der Waals surface area contributed by atoms with Crippen molar-refractivity contribution in [1.82, 2.24) is 0 Å². The Morgan fingerprint density at radius 3 is 2.10 bits per heavy atom. The van der Waals surface area contributed by atoms with E-state index in [2.05, 4.69) is 0 Å². The van der Waals surface area contributed by atoms with E-state index in [0.29, 0.717) is 0 Å². The molecule has 3 rings (SSSR count). The molecule has 2 aromatic carbocycles. The molecule has 1 aliphatic heterocycles. The molecule has 1 amide bonds. The van der Waals surface area contributed by atoms with E-state index in [9.17, 15) is 4.79 Å². The van der Waals surface area contributed by atoms with E-state index in [4.69, 9.17) is 4.74 Å². The SMILES string of the molecule is CC(C)O[C@@H]1C(=O)N(c2ccccc2)[C@@H]1c1ccccc1. The first-order valence-corrected chi connectivity index (χ1v) is 7.27. The summed E-state index contributed by atoms with van der Waals surface area (Å²) < 4.78 is 5.83. The summed E-state index contributed by atoms with van der Waals surface area (Å²) >= 11 is 0. The molecule has 0 aliphatic carbocycles. The standard InChI is InChI=1S/C18H19NO2/c1-13(2)21-17-16(14-9-5-3-6-10-14)19(18(17)20)15-11-7-4-8-12-15/h3-13,16-17H,1-2H3/t16-,17+/m1/s1. The molecule has 0 radical (unpaired) electrons. The summed E-state index contributed by atoms with van der Waals surface area (Å²) in [5, 5.41) is 0. The van der Waals surface area contributed by atoms with Crippen LogP contribution in [0.1, 0.15) is 25.5 Å². The van der Waals surface area contributed by atoms with Crippen molar-refractivity contribution in [3.05, 3.63) is 66.2 Å². The average molecular weight is 281 g/mol. The highest BCUT2D eigenvalue weighted by atomic mass is 16.5. The lowest BCUT2D eigenvalue weighted by molar-refractivity contribution is -0.146. The molecule has 0 bridgehead atoms. The molecular weight excluding hydrogens is 262 g/mol. The maximum absolute atomic E-state index is 12.5. The fraction of sp³-hybridized carbons (Fsp3) is 0.278. The van der Waals surface area contributed by atoms with Crippen LogP contribution in [0, 0.1) is 0 Å². The smallest absolute Gasteiger partial charge is 0.259 e. The number of anilines is 1. The molecule has 21 heavy (non-hydrogen) atoms. The van der Waals surface area contributed by atoms with Gasteiger partial charge in [-0.25, -0.2) is 0 Å². The number of hydrogen-bond acceptors (Lipinski definition) is 2. The number of amides is 1. The van der Waals surface area contributed by atoms with Gasteiger partial charge in [0.1, 0.15) is 0 Å². The van der Waals surface area contributed by atoms with Crippen LogP contribution in [0.2, 0.25) is 0 Å². The Kier molecular flexibility index (Phi) is 3.76. The van der Waals surface area contributed by atoms with Gasteiger partial charge in [0.05, 0.1) is 12.1 Å². The van der Waals surface area contributed by atoms with Gasteiger partial charge in [-0.05, 0) is 31.5 Å². The molecule has 108 valence electrons. The topological polar surface area (TPSA) is 29.5 Å². The van der Waals surface area contributed by atoms with E-state index in [-0.39, 0.29) is 18.1 Å². The van der Waals surface area contributed by atoms with E-state index >= 15 is 0 Å². The summed E-state index contributed by atoms with van der Waals surface area (Å²) in [4.78, 5) is 14.3. The molecule has 0 aromatic heterocycles. The first-order chi connectivity index (χ1) is 10.2. The quantitative estimate of drug-likeness (QED) is 0.802. The largest absolute Gasteiger partial charge is 0.363 e. The second-order valence-corrected chi connectivity index (χ2v) is 5.50. The summed E-state index contributed by atoms with van der Waals surface area (Å²) in [6, 6.07) is 19.8. The van der Waals surface area contributed by atoms with Gasteiger partial charge in [-0.1, -0.05) is 48.5 Å². The number of carbonyl (C=O) groups excluding carboxylic acids is 1. The number of hydrogen-bond donors (Lipinski definition) is 0. The first-order valence-electron chi connectivity index (χ1n) is 7.27. The Morgan fingerprint density at radius 1 is 0.952 bits per heavy atom. The van der Waals surface area contributed by atoms with Gasteiger partial charge in [0.2, 0.25) is 0 Å². The zero-order chi connectivity index (χ0) is 14.8. The fourth-order valence-corrected chi connectivity index (χ4v) is 2.74. The van der Waals surface area contributed by atoms with Crippen LogP contribution >= 0.6 is 0 Å². The summed E-state index contributed by atoms with van der Waals surface area (Å²) in [5.41, 5.74) is 2.02. The minimum absolute atomic E-state index is 0.0306. The van der Waals surface area contributed by atoms with Crippen LogP contribution in [0.4, 0.5) is 5.69 Å². The summed E-state index contributed by atoms with van der Waals surface area (Å²) in [7, 11) is 0. The van der Waals surface area contributed by atoms with Gasteiger partial charge < -0.3 is 4.74 Å². The van der Waals surface area contributed by atoms with E-state index in [0.717, 1.165) is 11.3 Å². The molecule has 1 saturated heterocycles. The van der Waals surface area contributed by atoms with Crippen LogP contribution in [0.25, 0.3) is 0 Å². The van der Waals surface area contributed by atoms with E-state index in [1.807, 2.05) is 79.4 Å². The monoisotopic (exact) mass is 281 g/mol. The zero-order valence-electron chi connectivity index (χ0n) is 12.3. The lowest BCUT2D eigenvalue weighted by atomic mass is 9.89. The molecule has 1 fully saturated rings. The van der Waals surface area contributed by atoms with E-state index in [1.54, 1.807) is 0 Å². The van der Waals surface area contributed by atoms with Gasteiger partial charge in [0.25, 0.3) is 5.91 Å². The fourth-order valence-electron chi connectivity index (χ4n) is 2.74. The number of nitrogens with zero attached hydrogens (tertiary/aromatic N) is 1. The summed E-state index contributed by atoms with van der Waals surface area (Å²) in [5.74, 6) is 0.0313. The normalized spacial score (nSPS) is 21.5. The van der Waals surface area contributed by atoms with Gasteiger partial charge >= 0.3 is 0 Å². The maximum atomic E-state index is 12.5. The summed E-state index contributed by atoms with van der Waals surface area (Å²) in [6.07, 6.45) is -0.365. The molecule has 0 spiro atoms. The maximum Gasteiger partial charge on any atom is 0.259 e. The van der Waals surface area contributed by atoms with Crippen LogP contribution in [0.15, 0.2) is 60.7 Å². The minimum atomic E-state index is -0.396. The lowest BCUT2D eigenvalue weighted by Crippen LogP contribution is -2.60. The number of para-hydroxylation sites is 1. The highest BCUT2D eigenvalue weighted by Gasteiger charge is 2.50. The van der Waals surface area contributed by atoms with E-state index < -0.39 is 6.10 Å². The Morgan fingerprint density at radius 2 is 1.52 bits per heavy atom. The van der Waals surface area contributed by atoms with Gasteiger partial charge in [0.15, 0.2) is 6.10 Å². The second kappa shape index (κ2) is 5.70. The number of ether oxygens (including phenoxy) is 1. The van der Waals surface area contributed by atoms with Crippen molar-refractivity contribution in [1.29, 1.82) is 0 Å². The van der Waals surface area contributed by atoms with Crippen molar-refractivity contribution in [3.8, 4) is 0 Å². The molecular formula is C18H19NO2. The zero-order valence-corrected chi connectivity index (χ0v) is 12.3. The molecule has 1 aliphatic rings. The van der Waals surface area contributed by atoms with Gasteiger partial charge in [-0.15, -0.1) is 0 Å². The third-order valence-electron chi connectivity index (χ3n) is 3.64. The van der Waals surface area contributed by atoms with Crippen molar-refractivity contribution in [2.24, 2.45) is 0 Å². The van der Waals surface area contributed by atoms with Crippen LogP contribution in [-0.2, 0) is 9.53 Å². The Balaban J connectivity index is 1.94. The van der Waals surface area contributed by atoms with Crippen molar-refractivity contribution in [2.75, 3.05) is 4.90 Å². The highest BCUT2D eigenvalue weighted by Crippen LogP contribution is 2.41. The number of rotatable bonds is 4. The summed E-state index contributed by atoms with van der Waals surface area (Å²) in [6.45, 7) is 3.92. The van der Waals surface area contributed by atoms with Crippen molar-refractivity contribution in [2.45, 2.75) is 32.1 Å². The minimum Gasteiger partial charge on any atom is -0.363 e.